The first kappa shape index (κ1) is 11.6. The molecule has 3 nitrogen and oxygen atoms in total. The fourth-order valence-corrected chi connectivity index (χ4v) is 1.05. The summed E-state index contributed by atoms with van der Waals surface area (Å²) in [5, 5.41) is 0. The molecule has 0 saturated carbocycles. The molecule has 13 heavy (non-hydrogen) atoms. The number of nitrogen functional groups attached to an aromatic ring is 1. The molecule has 1 aromatic rings. The Bertz CT molecular complexity index is 272. The van der Waals surface area contributed by atoms with E-state index >= 15 is 0 Å². The topological polar surface area (TPSA) is 56.0 Å². The maximum Gasteiger partial charge on any atom is 0.152 e. The Labute approximate surface area is 79.0 Å². The molecule has 0 aliphatic rings. The van der Waals surface area contributed by atoms with Crippen LogP contribution in [0.5, 0.6) is 0 Å². The molecule has 0 aromatic carbocycles. The second-order valence-electron chi connectivity index (χ2n) is 2.48. The van der Waals surface area contributed by atoms with Crippen LogP contribution < -0.4 is 5.73 Å². The molecule has 1 heterocycles. The summed E-state index contributed by atoms with van der Waals surface area (Å²) in [6.07, 6.45) is 0.803. The lowest BCUT2D eigenvalue weighted by molar-refractivity contribution is 0.112. The fourth-order valence-electron chi connectivity index (χ4n) is 1.05. The number of anilines is 1. The standard InChI is InChI=1S/C8H10N2O.C2H6/c1-5-3-8(9)10-6(2)7(5)4-11;1-2/h3-4H,1-2H3,(H2,9,10);1-2H3. The minimum absolute atomic E-state index is 0.464. The first-order valence-corrected chi connectivity index (χ1v) is 4.34. The fraction of sp³-hybridized carbons (Fsp3) is 0.400. The molecular weight excluding hydrogens is 164 g/mol. The predicted octanol–water partition coefficient (Wildman–Crippen LogP) is 2.12. The van der Waals surface area contributed by atoms with E-state index in [-0.39, 0.29) is 0 Å². The first-order valence-electron chi connectivity index (χ1n) is 4.34. The van der Waals surface area contributed by atoms with Gasteiger partial charge >= 0.3 is 0 Å². The van der Waals surface area contributed by atoms with E-state index in [1.807, 2.05) is 20.8 Å². The normalized spacial score (nSPS) is 8.62. The van der Waals surface area contributed by atoms with Crippen LogP contribution in [-0.4, -0.2) is 11.3 Å². The van der Waals surface area contributed by atoms with Crippen molar-refractivity contribution >= 4 is 12.1 Å². The second-order valence-corrected chi connectivity index (χ2v) is 2.48. The van der Waals surface area contributed by atoms with Gasteiger partial charge in [-0.25, -0.2) is 4.98 Å². The summed E-state index contributed by atoms with van der Waals surface area (Å²) < 4.78 is 0. The number of rotatable bonds is 1. The molecule has 0 unspecified atom stereocenters. The van der Waals surface area contributed by atoms with Crippen LogP contribution in [0.1, 0.15) is 35.5 Å². The average Bonchev–Trinajstić information content (AvgIpc) is 2.07. The number of nitrogens with zero attached hydrogens (tertiary/aromatic N) is 1. The van der Waals surface area contributed by atoms with Crippen LogP contribution in [0.25, 0.3) is 0 Å². The highest BCUT2D eigenvalue weighted by molar-refractivity contribution is 5.79. The zero-order chi connectivity index (χ0) is 10.4. The second kappa shape index (κ2) is 5.30. The van der Waals surface area contributed by atoms with Crippen molar-refractivity contribution in [2.75, 3.05) is 5.73 Å². The molecule has 2 N–H and O–H groups in total. The lowest BCUT2D eigenvalue weighted by Gasteiger charge is -2.02. The number of carbonyl (C=O) groups excluding carboxylic acids is 1. The Kier molecular flexibility index (Phi) is 4.74. The van der Waals surface area contributed by atoms with E-state index in [0.29, 0.717) is 17.1 Å². The zero-order valence-corrected chi connectivity index (χ0v) is 8.59. The van der Waals surface area contributed by atoms with E-state index in [0.717, 1.165) is 11.8 Å². The molecule has 0 saturated heterocycles. The van der Waals surface area contributed by atoms with Crippen LogP contribution in [-0.2, 0) is 0 Å². The molecule has 1 aromatic heterocycles. The van der Waals surface area contributed by atoms with Gasteiger partial charge in [0, 0.05) is 5.56 Å². The Balaban J connectivity index is 0.000000671. The van der Waals surface area contributed by atoms with Crippen molar-refractivity contribution in [3.8, 4) is 0 Å². The van der Waals surface area contributed by atoms with Gasteiger partial charge in [-0.1, -0.05) is 13.8 Å². The Morgan fingerprint density at radius 1 is 1.38 bits per heavy atom. The van der Waals surface area contributed by atoms with Gasteiger partial charge in [-0.15, -0.1) is 0 Å². The number of hydrogen-bond donors (Lipinski definition) is 1. The summed E-state index contributed by atoms with van der Waals surface area (Å²) >= 11 is 0. The minimum atomic E-state index is 0.464. The molecule has 0 radical (unpaired) electrons. The molecule has 0 atom stereocenters. The lowest BCUT2D eigenvalue weighted by atomic mass is 10.1. The summed E-state index contributed by atoms with van der Waals surface area (Å²) in [6.45, 7) is 7.61. The number of pyridine rings is 1. The van der Waals surface area contributed by atoms with Crippen LogP contribution in [0.3, 0.4) is 0 Å². The third-order valence-corrected chi connectivity index (χ3v) is 1.59. The van der Waals surface area contributed by atoms with E-state index < -0.39 is 0 Å². The van der Waals surface area contributed by atoms with Gasteiger partial charge in [-0.05, 0) is 25.5 Å². The molecule has 0 bridgehead atoms. The Hall–Kier alpha value is -1.38. The van der Waals surface area contributed by atoms with E-state index in [1.54, 1.807) is 13.0 Å². The largest absolute Gasteiger partial charge is 0.384 e. The SMILES string of the molecule is CC.Cc1cc(N)nc(C)c1C=O. The molecule has 0 aliphatic heterocycles. The van der Waals surface area contributed by atoms with Gasteiger partial charge in [0.25, 0.3) is 0 Å². The number of hydrogen-bond acceptors (Lipinski definition) is 3. The van der Waals surface area contributed by atoms with Gasteiger partial charge in [-0.3, -0.25) is 4.79 Å². The monoisotopic (exact) mass is 180 g/mol. The van der Waals surface area contributed by atoms with E-state index in [9.17, 15) is 4.79 Å². The quantitative estimate of drug-likeness (QED) is 0.673. The van der Waals surface area contributed by atoms with Gasteiger partial charge in [0.05, 0.1) is 5.69 Å². The van der Waals surface area contributed by atoms with Gasteiger partial charge in [-0.2, -0.15) is 0 Å². The third-order valence-electron chi connectivity index (χ3n) is 1.59. The molecule has 0 spiro atoms. The maximum absolute atomic E-state index is 10.5. The number of carbonyl (C=O) groups is 1. The van der Waals surface area contributed by atoms with Crippen molar-refractivity contribution in [3.63, 3.8) is 0 Å². The highest BCUT2D eigenvalue weighted by Gasteiger charge is 2.02. The van der Waals surface area contributed by atoms with Gasteiger partial charge in [0.1, 0.15) is 5.82 Å². The van der Waals surface area contributed by atoms with Crippen LogP contribution in [0.2, 0.25) is 0 Å². The number of aromatic nitrogens is 1. The number of aryl methyl sites for hydroxylation is 2. The van der Waals surface area contributed by atoms with E-state index in [4.69, 9.17) is 5.73 Å². The van der Waals surface area contributed by atoms with Crippen molar-refractivity contribution in [1.82, 2.24) is 4.98 Å². The molecule has 72 valence electrons. The molecule has 0 fully saturated rings. The van der Waals surface area contributed by atoms with Crippen LogP contribution in [0.4, 0.5) is 5.82 Å². The average molecular weight is 180 g/mol. The minimum Gasteiger partial charge on any atom is -0.384 e. The third kappa shape index (κ3) is 2.86. The molecular formula is C10H16N2O. The Morgan fingerprint density at radius 3 is 2.31 bits per heavy atom. The summed E-state index contributed by atoms with van der Waals surface area (Å²) in [6, 6.07) is 1.69. The van der Waals surface area contributed by atoms with Crippen molar-refractivity contribution in [3.05, 3.63) is 22.9 Å². The van der Waals surface area contributed by atoms with Crippen LogP contribution in [0.15, 0.2) is 6.07 Å². The molecule has 0 amide bonds. The van der Waals surface area contributed by atoms with E-state index in [1.165, 1.54) is 0 Å². The van der Waals surface area contributed by atoms with E-state index in [2.05, 4.69) is 4.98 Å². The lowest BCUT2D eigenvalue weighted by Crippen LogP contribution is -1.99. The maximum atomic E-state index is 10.5. The molecule has 0 aliphatic carbocycles. The predicted molar refractivity (Wildman–Crippen MR) is 54.9 cm³/mol. The number of aldehydes is 1. The first-order chi connectivity index (χ1) is 6.15. The van der Waals surface area contributed by atoms with Crippen molar-refractivity contribution in [2.24, 2.45) is 0 Å². The highest BCUT2D eigenvalue weighted by atomic mass is 16.1. The van der Waals surface area contributed by atoms with Crippen LogP contribution >= 0.6 is 0 Å². The summed E-state index contributed by atoms with van der Waals surface area (Å²) in [4.78, 5) is 14.4. The highest BCUT2D eigenvalue weighted by Crippen LogP contribution is 2.11. The number of nitrogens with two attached hydrogens (primary N) is 1. The smallest absolute Gasteiger partial charge is 0.152 e. The van der Waals surface area contributed by atoms with Crippen molar-refractivity contribution in [1.29, 1.82) is 0 Å². The van der Waals surface area contributed by atoms with Crippen molar-refractivity contribution < 1.29 is 4.79 Å². The summed E-state index contributed by atoms with van der Waals surface area (Å²) in [5.41, 5.74) is 7.67. The van der Waals surface area contributed by atoms with Gasteiger partial charge in [0.2, 0.25) is 0 Å². The molecule has 1 rings (SSSR count). The zero-order valence-electron chi connectivity index (χ0n) is 8.59. The Morgan fingerprint density at radius 2 is 1.92 bits per heavy atom. The van der Waals surface area contributed by atoms with Gasteiger partial charge in [0.15, 0.2) is 6.29 Å². The van der Waals surface area contributed by atoms with Crippen LogP contribution in [0, 0.1) is 13.8 Å². The van der Waals surface area contributed by atoms with Crippen molar-refractivity contribution in [2.45, 2.75) is 27.7 Å². The van der Waals surface area contributed by atoms with Gasteiger partial charge < -0.3 is 5.73 Å². The summed E-state index contributed by atoms with van der Waals surface area (Å²) in [5.74, 6) is 0.464. The summed E-state index contributed by atoms with van der Waals surface area (Å²) in [7, 11) is 0. The molecule has 3 heteroatoms.